The summed E-state index contributed by atoms with van der Waals surface area (Å²) in [5, 5.41) is 9.77. The quantitative estimate of drug-likeness (QED) is 0.111. The van der Waals surface area contributed by atoms with Crippen molar-refractivity contribution in [1.82, 2.24) is 9.97 Å². The topological polar surface area (TPSA) is 121 Å². The molecule has 1 amide bonds. The number of thiazole rings is 2. The van der Waals surface area contributed by atoms with E-state index in [2.05, 4.69) is 15.6 Å². The van der Waals surface area contributed by atoms with E-state index in [4.69, 9.17) is 35.5 Å². The van der Waals surface area contributed by atoms with Gasteiger partial charge in [-0.25, -0.2) is 14.8 Å². The molecule has 2 aromatic heterocycles. The maximum atomic E-state index is 12.5. The fourth-order valence-corrected chi connectivity index (χ4v) is 5.56. The van der Waals surface area contributed by atoms with Crippen molar-refractivity contribution in [2.24, 2.45) is 0 Å². The largest absolute Gasteiger partial charge is 0.489 e. The molecule has 10 nitrogen and oxygen atoms in total. The average Bonchev–Trinajstić information content (AvgIpc) is 3.56. The van der Waals surface area contributed by atoms with Gasteiger partial charge in [0.05, 0.1) is 41.8 Å². The number of esters is 1. The van der Waals surface area contributed by atoms with Crippen molar-refractivity contribution in [3.05, 3.63) is 70.2 Å². The number of nitrogens with zero attached hydrogens (tertiary/aromatic N) is 2. The molecule has 43 heavy (non-hydrogen) atoms. The first-order valence-electron chi connectivity index (χ1n) is 13.4. The third kappa shape index (κ3) is 10.3. The zero-order valence-corrected chi connectivity index (χ0v) is 26.7. The number of carbonyl (C=O) groups is 2. The molecule has 2 N–H and O–H groups in total. The standard InChI is InChI=1S/C30H33ClN4O6S2/c1-19-26(43-29(32-19)35-27(37)20-8-6-5-7-9-20)23-18-42-28(34-23)33-22-16-21(31)10-11-24(22)40-15-14-38-12-13-39-17-25(36)41-30(2,3)4/h5-11,16,18H,12-15,17H2,1-4H3,(H,33,34)(H,32,35,37). The lowest BCUT2D eigenvalue weighted by molar-refractivity contribution is -0.160. The monoisotopic (exact) mass is 644 g/mol. The van der Waals surface area contributed by atoms with E-state index in [-0.39, 0.29) is 19.1 Å². The highest BCUT2D eigenvalue weighted by Crippen LogP contribution is 2.37. The second kappa shape index (κ2) is 15.3. The number of nitrogens with one attached hydrogen (secondary N) is 2. The number of halogens is 1. The van der Waals surface area contributed by atoms with Gasteiger partial charge in [-0.15, -0.1) is 11.3 Å². The van der Waals surface area contributed by atoms with Crippen molar-refractivity contribution < 1.29 is 28.5 Å². The fourth-order valence-electron chi connectivity index (χ4n) is 3.68. The van der Waals surface area contributed by atoms with Crippen LogP contribution in [0.1, 0.15) is 36.8 Å². The van der Waals surface area contributed by atoms with Crippen LogP contribution >= 0.6 is 34.3 Å². The Morgan fingerprint density at radius 3 is 2.47 bits per heavy atom. The summed E-state index contributed by atoms with van der Waals surface area (Å²) in [5.74, 6) is -0.0389. The van der Waals surface area contributed by atoms with Crippen molar-refractivity contribution in [1.29, 1.82) is 0 Å². The number of ether oxygens (including phenoxy) is 4. The Balaban J connectivity index is 1.27. The second-order valence-electron chi connectivity index (χ2n) is 10.2. The van der Waals surface area contributed by atoms with Crippen LogP contribution in [0.2, 0.25) is 5.02 Å². The number of anilines is 3. The maximum Gasteiger partial charge on any atom is 0.332 e. The lowest BCUT2D eigenvalue weighted by Crippen LogP contribution is -2.27. The minimum absolute atomic E-state index is 0.121. The highest BCUT2D eigenvalue weighted by molar-refractivity contribution is 7.20. The fraction of sp³-hybridized carbons (Fsp3) is 0.333. The maximum absolute atomic E-state index is 12.5. The first-order chi connectivity index (χ1) is 20.6. The first-order valence-corrected chi connectivity index (χ1v) is 15.5. The van der Waals surface area contributed by atoms with Gasteiger partial charge in [0, 0.05) is 16.0 Å². The molecule has 0 aliphatic carbocycles. The van der Waals surface area contributed by atoms with E-state index in [9.17, 15) is 9.59 Å². The van der Waals surface area contributed by atoms with Gasteiger partial charge < -0.3 is 24.3 Å². The number of aryl methyl sites for hydroxylation is 1. The molecule has 0 aliphatic heterocycles. The molecule has 0 saturated heterocycles. The van der Waals surface area contributed by atoms with Crippen molar-refractivity contribution in [2.45, 2.75) is 33.3 Å². The Bertz CT molecular complexity index is 1520. The summed E-state index contributed by atoms with van der Waals surface area (Å²) in [4.78, 5) is 34.3. The van der Waals surface area contributed by atoms with Crippen LogP contribution in [0, 0.1) is 6.92 Å². The van der Waals surface area contributed by atoms with Crippen LogP contribution in [0.3, 0.4) is 0 Å². The summed E-state index contributed by atoms with van der Waals surface area (Å²) in [7, 11) is 0. The summed E-state index contributed by atoms with van der Waals surface area (Å²) in [6.45, 7) is 8.38. The summed E-state index contributed by atoms with van der Waals surface area (Å²) >= 11 is 9.05. The molecule has 0 radical (unpaired) electrons. The van der Waals surface area contributed by atoms with Crippen molar-refractivity contribution in [3.63, 3.8) is 0 Å². The summed E-state index contributed by atoms with van der Waals surface area (Å²) < 4.78 is 21.9. The Kier molecular flexibility index (Phi) is 11.5. The smallest absolute Gasteiger partial charge is 0.332 e. The van der Waals surface area contributed by atoms with E-state index in [0.717, 1.165) is 16.3 Å². The van der Waals surface area contributed by atoms with Gasteiger partial charge in [0.2, 0.25) is 0 Å². The first kappa shape index (κ1) is 32.4. The molecule has 4 aromatic rings. The summed E-state index contributed by atoms with van der Waals surface area (Å²) in [6, 6.07) is 14.3. The number of aromatic nitrogens is 2. The number of rotatable bonds is 14. The Labute approximate surface area is 263 Å². The SMILES string of the molecule is Cc1nc(NC(=O)c2ccccc2)sc1-c1csc(Nc2cc(Cl)ccc2OCCOCCOCC(=O)OC(C)(C)C)n1. The van der Waals surface area contributed by atoms with E-state index in [1.807, 2.05) is 30.5 Å². The molecular weight excluding hydrogens is 612 g/mol. The Morgan fingerprint density at radius 1 is 0.953 bits per heavy atom. The van der Waals surface area contributed by atoms with Gasteiger partial charge in [-0.1, -0.05) is 41.1 Å². The van der Waals surface area contributed by atoms with Gasteiger partial charge in [-0.3, -0.25) is 10.1 Å². The molecule has 4 rings (SSSR count). The molecule has 13 heteroatoms. The van der Waals surface area contributed by atoms with Gasteiger partial charge in [0.1, 0.15) is 24.6 Å². The Morgan fingerprint density at radius 2 is 1.70 bits per heavy atom. The van der Waals surface area contributed by atoms with E-state index < -0.39 is 11.6 Å². The number of amides is 1. The molecular formula is C30H33ClN4O6S2. The van der Waals surface area contributed by atoms with Gasteiger partial charge in [0.25, 0.3) is 5.91 Å². The number of benzene rings is 2. The minimum Gasteiger partial charge on any atom is -0.489 e. The van der Waals surface area contributed by atoms with Crippen LogP contribution in [0.25, 0.3) is 10.6 Å². The molecule has 0 atom stereocenters. The minimum atomic E-state index is -0.542. The van der Waals surface area contributed by atoms with Crippen LogP contribution in [-0.2, 0) is 19.0 Å². The Hall–Kier alpha value is -3.55. The van der Waals surface area contributed by atoms with Crippen LogP contribution in [0.15, 0.2) is 53.9 Å². The van der Waals surface area contributed by atoms with Crippen molar-refractivity contribution in [2.75, 3.05) is 43.7 Å². The second-order valence-corrected chi connectivity index (χ2v) is 12.5. The average molecular weight is 645 g/mol. The predicted molar refractivity (Wildman–Crippen MR) is 170 cm³/mol. The highest BCUT2D eigenvalue weighted by atomic mass is 35.5. The molecule has 228 valence electrons. The number of carbonyl (C=O) groups excluding carboxylic acids is 2. The van der Waals surface area contributed by atoms with Crippen LogP contribution in [0.5, 0.6) is 5.75 Å². The van der Waals surface area contributed by atoms with E-state index in [0.29, 0.717) is 52.1 Å². The van der Waals surface area contributed by atoms with Gasteiger partial charge in [0.15, 0.2) is 10.3 Å². The lowest BCUT2D eigenvalue weighted by atomic mass is 10.2. The lowest BCUT2D eigenvalue weighted by Gasteiger charge is -2.19. The molecule has 0 aliphatic rings. The van der Waals surface area contributed by atoms with Gasteiger partial charge in [-0.2, -0.15) is 0 Å². The van der Waals surface area contributed by atoms with Gasteiger partial charge >= 0.3 is 5.97 Å². The zero-order chi connectivity index (χ0) is 30.8. The van der Waals surface area contributed by atoms with E-state index in [1.165, 1.54) is 22.7 Å². The van der Waals surface area contributed by atoms with E-state index >= 15 is 0 Å². The van der Waals surface area contributed by atoms with Crippen LogP contribution in [-0.4, -0.2) is 60.5 Å². The normalized spacial score (nSPS) is 11.3. The predicted octanol–water partition coefficient (Wildman–Crippen LogP) is 6.98. The zero-order valence-electron chi connectivity index (χ0n) is 24.3. The molecule has 2 aromatic carbocycles. The molecule has 0 unspecified atom stereocenters. The third-order valence-electron chi connectivity index (χ3n) is 5.47. The summed E-state index contributed by atoms with van der Waals surface area (Å²) in [6.07, 6.45) is 0. The molecule has 2 heterocycles. The molecule has 0 fully saturated rings. The number of hydrogen-bond acceptors (Lipinski definition) is 11. The van der Waals surface area contributed by atoms with Crippen LogP contribution < -0.4 is 15.4 Å². The molecule has 0 saturated carbocycles. The van der Waals surface area contributed by atoms with Crippen molar-refractivity contribution >= 4 is 62.1 Å². The third-order valence-corrected chi connectivity index (χ3v) is 7.56. The summed E-state index contributed by atoms with van der Waals surface area (Å²) in [5.41, 5.74) is 2.19. The molecule has 0 spiro atoms. The van der Waals surface area contributed by atoms with E-state index in [1.54, 1.807) is 51.1 Å². The number of hydrogen-bond donors (Lipinski definition) is 2. The van der Waals surface area contributed by atoms with Gasteiger partial charge in [-0.05, 0) is 58.0 Å². The highest BCUT2D eigenvalue weighted by Gasteiger charge is 2.17. The van der Waals surface area contributed by atoms with Crippen molar-refractivity contribution in [3.8, 4) is 16.3 Å². The molecule has 0 bridgehead atoms. The van der Waals surface area contributed by atoms with Crippen LogP contribution in [0.4, 0.5) is 16.0 Å².